The lowest BCUT2D eigenvalue weighted by atomic mass is 10.1. The van der Waals surface area contributed by atoms with E-state index >= 15 is 0 Å². The van der Waals surface area contributed by atoms with E-state index in [2.05, 4.69) is 10.1 Å². The number of hydrogen-bond acceptors (Lipinski definition) is 7. The zero-order chi connectivity index (χ0) is 24.9. The first kappa shape index (κ1) is 24.0. The summed E-state index contributed by atoms with van der Waals surface area (Å²) >= 11 is 1.47. The molecule has 3 aromatic rings. The fourth-order valence-corrected chi connectivity index (χ4v) is 4.45. The topological polar surface area (TPSA) is 105 Å². The van der Waals surface area contributed by atoms with Gasteiger partial charge in [-0.05, 0) is 60.0 Å². The van der Waals surface area contributed by atoms with Crippen LogP contribution in [0.15, 0.2) is 66.0 Å². The third-order valence-electron chi connectivity index (χ3n) is 5.52. The first-order chi connectivity index (χ1) is 16.9. The minimum Gasteiger partial charge on any atom is -0.497 e. The average molecular weight is 494 g/mol. The monoisotopic (exact) mass is 493 g/mol. The van der Waals surface area contributed by atoms with Gasteiger partial charge in [0.25, 0.3) is 5.91 Å². The Labute approximate surface area is 205 Å². The first-order valence-electron chi connectivity index (χ1n) is 10.7. The van der Waals surface area contributed by atoms with Crippen LogP contribution in [0.1, 0.15) is 21.7 Å². The normalized spacial score (nSPS) is 15.3. The summed E-state index contributed by atoms with van der Waals surface area (Å²) in [5.74, 6) is -0.805. The lowest BCUT2D eigenvalue weighted by molar-refractivity contribution is -0.124. The molecule has 35 heavy (non-hydrogen) atoms. The van der Waals surface area contributed by atoms with Gasteiger partial charge >= 0.3 is 12.0 Å². The molecule has 0 saturated carbocycles. The number of urea groups is 1. The van der Waals surface area contributed by atoms with Gasteiger partial charge in [-0.25, -0.2) is 14.5 Å². The SMILES string of the molecule is COC(=O)c1ccc(NC(=O)C[C@H]2C(=O)N(c3ccc(OC)cc3)C(=O)N2Cc2cccs2)cc1. The summed E-state index contributed by atoms with van der Waals surface area (Å²) in [6.45, 7) is 0.209. The molecule has 0 unspecified atom stereocenters. The molecule has 180 valence electrons. The maximum atomic E-state index is 13.4. The number of hydrogen-bond donors (Lipinski definition) is 1. The molecule has 1 atom stereocenters. The highest BCUT2D eigenvalue weighted by Crippen LogP contribution is 2.30. The summed E-state index contributed by atoms with van der Waals surface area (Å²) in [6, 6.07) is 15.1. The van der Waals surface area contributed by atoms with E-state index in [1.807, 2.05) is 17.5 Å². The zero-order valence-electron chi connectivity index (χ0n) is 19.1. The molecule has 1 fully saturated rings. The van der Waals surface area contributed by atoms with Crippen molar-refractivity contribution in [3.8, 4) is 5.75 Å². The van der Waals surface area contributed by atoms with Crippen molar-refractivity contribution < 1.29 is 28.7 Å². The summed E-state index contributed by atoms with van der Waals surface area (Å²) in [6.07, 6.45) is -0.221. The van der Waals surface area contributed by atoms with Crippen LogP contribution >= 0.6 is 11.3 Å². The van der Waals surface area contributed by atoms with Crippen molar-refractivity contribution in [2.75, 3.05) is 24.4 Å². The summed E-state index contributed by atoms with van der Waals surface area (Å²) in [4.78, 5) is 54.5. The van der Waals surface area contributed by atoms with Crippen molar-refractivity contribution >= 4 is 46.5 Å². The number of ether oxygens (including phenoxy) is 2. The molecule has 0 aliphatic carbocycles. The maximum Gasteiger partial charge on any atom is 0.337 e. The van der Waals surface area contributed by atoms with Gasteiger partial charge in [-0.2, -0.15) is 0 Å². The van der Waals surface area contributed by atoms with Gasteiger partial charge in [0.05, 0.1) is 38.4 Å². The van der Waals surface area contributed by atoms with Crippen LogP contribution in [-0.4, -0.2) is 49.0 Å². The van der Waals surface area contributed by atoms with Gasteiger partial charge < -0.3 is 19.7 Å². The van der Waals surface area contributed by atoms with Crippen molar-refractivity contribution in [2.24, 2.45) is 0 Å². The van der Waals surface area contributed by atoms with Gasteiger partial charge in [0.1, 0.15) is 11.8 Å². The third-order valence-corrected chi connectivity index (χ3v) is 6.39. The van der Waals surface area contributed by atoms with Gasteiger partial charge in [-0.15, -0.1) is 11.3 Å². The third kappa shape index (κ3) is 5.17. The molecule has 10 heteroatoms. The molecule has 9 nitrogen and oxygen atoms in total. The van der Waals surface area contributed by atoms with Crippen molar-refractivity contribution in [1.82, 2.24) is 4.90 Å². The van der Waals surface area contributed by atoms with Gasteiger partial charge in [-0.3, -0.25) is 9.59 Å². The summed E-state index contributed by atoms with van der Waals surface area (Å²) in [5, 5.41) is 4.61. The molecule has 1 aliphatic rings. The molecule has 1 N–H and O–H groups in total. The number of anilines is 2. The van der Waals surface area contributed by atoms with Crippen LogP contribution in [0, 0.1) is 0 Å². The molecule has 2 aromatic carbocycles. The van der Waals surface area contributed by atoms with E-state index in [0.717, 1.165) is 9.78 Å². The first-order valence-corrected chi connectivity index (χ1v) is 11.6. The predicted octanol–water partition coefficient (Wildman–Crippen LogP) is 3.91. The van der Waals surface area contributed by atoms with Crippen molar-refractivity contribution in [2.45, 2.75) is 19.0 Å². The Morgan fingerprint density at radius 1 is 1.00 bits per heavy atom. The fraction of sp³-hybridized carbons (Fsp3) is 0.200. The minimum absolute atomic E-state index is 0.209. The number of esters is 1. The summed E-state index contributed by atoms with van der Waals surface area (Å²) in [7, 11) is 2.82. The number of benzene rings is 2. The van der Waals surface area contributed by atoms with E-state index in [0.29, 0.717) is 22.7 Å². The number of imide groups is 1. The van der Waals surface area contributed by atoms with Crippen molar-refractivity contribution in [1.29, 1.82) is 0 Å². The minimum atomic E-state index is -0.971. The number of carbonyl (C=O) groups excluding carboxylic acids is 4. The fourth-order valence-electron chi connectivity index (χ4n) is 3.75. The van der Waals surface area contributed by atoms with E-state index in [1.165, 1.54) is 42.6 Å². The van der Waals surface area contributed by atoms with Crippen LogP contribution < -0.4 is 15.0 Å². The quantitative estimate of drug-likeness (QED) is 0.377. The highest BCUT2D eigenvalue weighted by molar-refractivity contribution is 7.09. The molecule has 4 rings (SSSR count). The van der Waals surface area contributed by atoms with E-state index < -0.39 is 29.9 Å². The molecular weight excluding hydrogens is 470 g/mol. The zero-order valence-corrected chi connectivity index (χ0v) is 19.9. The van der Waals surface area contributed by atoms with E-state index in [1.54, 1.807) is 36.4 Å². The largest absolute Gasteiger partial charge is 0.497 e. The van der Waals surface area contributed by atoms with E-state index in [-0.39, 0.29) is 13.0 Å². The van der Waals surface area contributed by atoms with Crippen LogP contribution in [0.2, 0.25) is 0 Å². The van der Waals surface area contributed by atoms with Crippen molar-refractivity contribution in [3.63, 3.8) is 0 Å². The standard InChI is InChI=1S/C25H23N3O6S/c1-33-19-11-9-18(10-12-19)28-23(30)21(27(25(28)32)15-20-4-3-13-35-20)14-22(29)26-17-7-5-16(6-8-17)24(31)34-2/h3-13,21H,14-15H2,1-2H3,(H,26,29)/t21-/m0/s1. The predicted molar refractivity (Wildman–Crippen MR) is 131 cm³/mol. The summed E-state index contributed by atoms with van der Waals surface area (Å²) < 4.78 is 9.83. The number of rotatable bonds is 8. The molecule has 1 aromatic heterocycles. The highest BCUT2D eigenvalue weighted by Gasteiger charge is 2.46. The Morgan fingerprint density at radius 2 is 1.71 bits per heavy atom. The number of thiophene rings is 1. The molecule has 0 bridgehead atoms. The van der Waals surface area contributed by atoms with Crippen LogP contribution in [0.25, 0.3) is 0 Å². The number of nitrogens with zero attached hydrogens (tertiary/aromatic N) is 2. The Hall–Kier alpha value is -4.18. The number of carbonyl (C=O) groups is 4. The molecule has 0 radical (unpaired) electrons. The van der Waals surface area contributed by atoms with Crippen LogP contribution in [-0.2, 0) is 20.9 Å². The molecule has 1 saturated heterocycles. The van der Waals surface area contributed by atoms with Crippen LogP contribution in [0.4, 0.5) is 16.2 Å². The lowest BCUT2D eigenvalue weighted by Gasteiger charge is -2.21. The molecule has 4 amide bonds. The van der Waals surface area contributed by atoms with E-state index in [4.69, 9.17) is 4.74 Å². The van der Waals surface area contributed by atoms with Crippen LogP contribution in [0.3, 0.4) is 0 Å². The van der Waals surface area contributed by atoms with Gasteiger partial charge in [0.2, 0.25) is 5.91 Å². The maximum absolute atomic E-state index is 13.4. The smallest absolute Gasteiger partial charge is 0.337 e. The van der Waals surface area contributed by atoms with Gasteiger partial charge in [0, 0.05) is 10.6 Å². The van der Waals surface area contributed by atoms with Crippen LogP contribution in [0.5, 0.6) is 5.75 Å². The number of nitrogens with one attached hydrogen (secondary N) is 1. The van der Waals surface area contributed by atoms with Gasteiger partial charge in [-0.1, -0.05) is 6.07 Å². The molecule has 0 spiro atoms. The average Bonchev–Trinajstić information content (AvgIpc) is 3.46. The van der Waals surface area contributed by atoms with E-state index in [9.17, 15) is 19.2 Å². The Morgan fingerprint density at radius 3 is 2.31 bits per heavy atom. The van der Waals surface area contributed by atoms with Crippen molar-refractivity contribution in [3.05, 3.63) is 76.5 Å². The lowest BCUT2D eigenvalue weighted by Crippen LogP contribution is -2.37. The Balaban J connectivity index is 1.54. The second-order valence-corrected chi connectivity index (χ2v) is 8.73. The second kappa shape index (κ2) is 10.4. The molecular formula is C25H23N3O6S. The molecule has 2 heterocycles. The summed E-state index contributed by atoms with van der Waals surface area (Å²) in [5.41, 5.74) is 1.20. The second-order valence-electron chi connectivity index (χ2n) is 7.70. The Bertz CT molecular complexity index is 1230. The molecule has 1 aliphatic heterocycles. The van der Waals surface area contributed by atoms with Gasteiger partial charge in [0.15, 0.2) is 0 Å². The number of amides is 4. The highest BCUT2D eigenvalue weighted by atomic mass is 32.1. The Kier molecular flexibility index (Phi) is 7.11. The number of methoxy groups -OCH3 is 2.